The molecular formula is C14H25NO4. The molecule has 110 valence electrons. The van der Waals surface area contributed by atoms with Gasteiger partial charge < -0.3 is 25.8 Å². The summed E-state index contributed by atoms with van der Waals surface area (Å²) in [5.74, 6) is 0.00885. The highest BCUT2D eigenvalue weighted by Gasteiger charge is 2.03. The summed E-state index contributed by atoms with van der Waals surface area (Å²) in [4.78, 5) is 0. The van der Waals surface area contributed by atoms with Gasteiger partial charge in [-0.3, -0.25) is 0 Å². The Morgan fingerprint density at radius 1 is 1.21 bits per heavy atom. The number of phenols is 2. The molecule has 5 nitrogen and oxygen atoms in total. The van der Waals surface area contributed by atoms with Gasteiger partial charge >= 0.3 is 0 Å². The molecule has 0 aliphatic rings. The molecule has 1 rings (SSSR count). The summed E-state index contributed by atoms with van der Waals surface area (Å²) in [6.07, 6.45) is 2.96. The van der Waals surface area contributed by atoms with Gasteiger partial charge in [-0.15, -0.1) is 0 Å². The molecule has 0 saturated heterocycles. The van der Waals surface area contributed by atoms with E-state index in [0.29, 0.717) is 19.8 Å². The minimum atomic E-state index is -0.0244. The second-order valence-electron chi connectivity index (χ2n) is 4.01. The van der Waals surface area contributed by atoms with Gasteiger partial charge in [-0.2, -0.15) is 0 Å². The molecule has 0 saturated carbocycles. The Hall–Kier alpha value is -1.30. The summed E-state index contributed by atoms with van der Waals surface area (Å²) < 4.78 is 4.76. The number of para-hydroxylation sites is 1. The van der Waals surface area contributed by atoms with E-state index in [2.05, 4.69) is 6.92 Å². The third-order valence-electron chi connectivity index (χ3n) is 2.40. The first kappa shape index (κ1) is 17.7. The number of aliphatic hydroxyl groups is 1. The summed E-state index contributed by atoms with van der Waals surface area (Å²) in [6.45, 7) is 3.65. The average molecular weight is 271 g/mol. The molecule has 0 heterocycles. The second-order valence-corrected chi connectivity index (χ2v) is 4.01. The van der Waals surface area contributed by atoms with Gasteiger partial charge in [0.2, 0.25) is 0 Å². The maximum atomic E-state index is 9.37. The van der Waals surface area contributed by atoms with Crippen molar-refractivity contribution >= 4 is 0 Å². The number of benzene rings is 1. The normalized spacial score (nSPS) is 9.84. The highest BCUT2D eigenvalue weighted by Crippen LogP contribution is 2.28. The van der Waals surface area contributed by atoms with Gasteiger partial charge in [0.05, 0.1) is 19.8 Å². The summed E-state index contributed by atoms with van der Waals surface area (Å²) in [5.41, 5.74) is 5.89. The molecule has 0 bridgehead atoms. The van der Waals surface area contributed by atoms with Crippen LogP contribution in [-0.2, 0) is 11.2 Å². The summed E-state index contributed by atoms with van der Waals surface area (Å²) in [6, 6.07) is 5.08. The number of hydrogen-bond donors (Lipinski definition) is 4. The summed E-state index contributed by atoms with van der Waals surface area (Å²) in [5, 5.41) is 26.7. The van der Waals surface area contributed by atoms with Crippen LogP contribution in [0, 0.1) is 0 Å². The average Bonchev–Trinajstić information content (AvgIpc) is 2.42. The number of aliphatic hydroxyl groups excluding tert-OH is 1. The predicted octanol–water partition coefficient (Wildman–Crippen LogP) is 1.39. The van der Waals surface area contributed by atoms with Crippen LogP contribution >= 0.6 is 0 Å². The number of nitrogens with two attached hydrogens (primary N) is 1. The van der Waals surface area contributed by atoms with Crippen LogP contribution in [0.4, 0.5) is 0 Å². The molecule has 5 N–H and O–H groups in total. The van der Waals surface area contributed by atoms with E-state index in [0.717, 1.165) is 24.8 Å². The number of aryl methyl sites for hydroxylation is 1. The lowest BCUT2D eigenvalue weighted by atomic mass is 10.1. The molecular weight excluding hydrogens is 246 g/mol. The van der Waals surface area contributed by atoms with Gasteiger partial charge in [-0.25, -0.2) is 0 Å². The number of rotatable bonds is 7. The van der Waals surface area contributed by atoms with Gasteiger partial charge in [-0.1, -0.05) is 25.5 Å². The van der Waals surface area contributed by atoms with Crippen LogP contribution in [0.2, 0.25) is 0 Å². The monoisotopic (exact) mass is 271 g/mol. The van der Waals surface area contributed by atoms with Crippen molar-refractivity contribution in [1.82, 2.24) is 0 Å². The third-order valence-corrected chi connectivity index (χ3v) is 2.40. The standard InChI is InChI=1S/C10H14O2.C4H11NO2/c1-2-3-5-8-6-4-7-9(11)10(8)12;5-1-3-7-4-2-6/h4,6-7,11-12H,2-3,5H2,1H3;6H,1-5H2. The Morgan fingerprint density at radius 3 is 2.53 bits per heavy atom. The number of ether oxygens (including phenoxy) is 1. The molecule has 0 atom stereocenters. The van der Waals surface area contributed by atoms with Gasteiger partial charge in [-0.05, 0) is 24.5 Å². The SMILES string of the molecule is CCCCc1cccc(O)c1O.NCCOCCO. The molecule has 0 unspecified atom stereocenters. The van der Waals surface area contributed by atoms with Crippen LogP contribution < -0.4 is 5.73 Å². The van der Waals surface area contributed by atoms with E-state index in [1.807, 2.05) is 6.07 Å². The number of hydrogen-bond acceptors (Lipinski definition) is 5. The predicted molar refractivity (Wildman–Crippen MR) is 75.3 cm³/mol. The Balaban J connectivity index is 0.000000399. The van der Waals surface area contributed by atoms with Crippen molar-refractivity contribution in [3.63, 3.8) is 0 Å². The molecule has 19 heavy (non-hydrogen) atoms. The van der Waals surface area contributed by atoms with Crippen LogP contribution in [0.25, 0.3) is 0 Å². The zero-order valence-corrected chi connectivity index (χ0v) is 11.5. The molecule has 1 aromatic rings. The van der Waals surface area contributed by atoms with Crippen molar-refractivity contribution in [2.45, 2.75) is 26.2 Å². The van der Waals surface area contributed by atoms with Gasteiger partial charge in [0.15, 0.2) is 11.5 Å². The molecule has 0 spiro atoms. The fraction of sp³-hybridized carbons (Fsp3) is 0.571. The summed E-state index contributed by atoms with van der Waals surface area (Å²) >= 11 is 0. The fourth-order valence-electron chi connectivity index (χ4n) is 1.40. The van der Waals surface area contributed by atoms with E-state index in [-0.39, 0.29) is 18.1 Å². The maximum Gasteiger partial charge on any atom is 0.160 e. The van der Waals surface area contributed by atoms with Crippen molar-refractivity contribution in [2.75, 3.05) is 26.4 Å². The molecule has 0 aliphatic carbocycles. The van der Waals surface area contributed by atoms with E-state index in [1.54, 1.807) is 6.07 Å². The van der Waals surface area contributed by atoms with E-state index in [1.165, 1.54) is 6.07 Å². The smallest absolute Gasteiger partial charge is 0.160 e. The molecule has 0 aliphatic heterocycles. The van der Waals surface area contributed by atoms with Crippen LogP contribution in [0.15, 0.2) is 18.2 Å². The number of unbranched alkanes of at least 4 members (excludes halogenated alkanes) is 1. The second kappa shape index (κ2) is 11.8. The molecule has 0 aromatic heterocycles. The van der Waals surface area contributed by atoms with E-state index in [4.69, 9.17) is 20.7 Å². The molecule has 0 fully saturated rings. The minimum absolute atomic E-state index is 0.0244. The molecule has 0 radical (unpaired) electrons. The zero-order valence-electron chi connectivity index (χ0n) is 11.5. The van der Waals surface area contributed by atoms with Crippen molar-refractivity contribution in [2.24, 2.45) is 5.73 Å². The van der Waals surface area contributed by atoms with E-state index >= 15 is 0 Å². The third kappa shape index (κ3) is 8.42. The van der Waals surface area contributed by atoms with Gasteiger partial charge in [0.1, 0.15) is 0 Å². The highest BCUT2D eigenvalue weighted by molar-refractivity contribution is 5.44. The molecule has 1 aromatic carbocycles. The Morgan fingerprint density at radius 2 is 1.95 bits per heavy atom. The van der Waals surface area contributed by atoms with Crippen LogP contribution in [0.1, 0.15) is 25.3 Å². The van der Waals surface area contributed by atoms with Crippen molar-refractivity contribution < 1.29 is 20.1 Å². The Labute approximate surface area is 114 Å². The summed E-state index contributed by atoms with van der Waals surface area (Å²) in [7, 11) is 0. The molecule has 5 heteroatoms. The zero-order chi connectivity index (χ0) is 14.5. The van der Waals surface area contributed by atoms with Crippen LogP contribution in [0.5, 0.6) is 11.5 Å². The minimum Gasteiger partial charge on any atom is -0.504 e. The Bertz CT molecular complexity index is 327. The van der Waals surface area contributed by atoms with Crippen molar-refractivity contribution in [3.05, 3.63) is 23.8 Å². The van der Waals surface area contributed by atoms with Crippen LogP contribution in [0.3, 0.4) is 0 Å². The maximum absolute atomic E-state index is 9.37. The quantitative estimate of drug-likeness (QED) is 0.444. The first-order chi connectivity index (χ1) is 9.17. The molecule has 0 amide bonds. The van der Waals surface area contributed by atoms with Gasteiger partial charge in [0, 0.05) is 6.54 Å². The number of aromatic hydroxyl groups is 2. The lowest BCUT2D eigenvalue weighted by molar-refractivity contribution is 0.0976. The first-order valence-electron chi connectivity index (χ1n) is 6.55. The lowest BCUT2D eigenvalue weighted by Crippen LogP contribution is -2.10. The van der Waals surface area contributed by atoms with E-state index < -0.39 is 0 Å². The van der Waals surface area contributed by atoms with Crippen molar-refractivity contribution in [1.29, 1.82) is 0 Å². The largest absolute Gasteiger partial charge is 0.504 e. The topological polar surface area (TPSA) is 95.9 Å². The van der Waals surface area contributed by atoms with Gasteiger partial charge in [0.25, 0.3) is 0 Å². The van der Waals surface area contributed by atoms with Crippen LogP contribution in [-0.4, -0.2) is 41.7 Å². The van der Waals surface area contributed by atoms with Crippen molar-refractivity contribution in [3.8, 4) is 11.5 Å². The van der Waals surface area contributed by atoms with E-state index in [9.17, 15) is 5.11 Å². The highest BCUT2D eigenvalue weighted by atomic mass is 16.5. The number of phenolic OH excluding ortho intramolecular Hbond substituents is 2. The lowest BCUT2D eigenvalue weighted by Gasteiger charge is -2.04. The Kier molecular flexibility index (Phi) is 11.0. The first-order valence-corrected chi connectivity index (χ1v) is 6.55. The fourth-order valence-corrected chi connectivity index (χ4v) is 1.40.